The number of halogens is 3. The molecule has 1 N–H and O–H groups in total. The van der Waals surface area contributed by atoms with E-state index in [4.69, 9.17) is 4.74 Å². The average molecular weight is 325 g/mol. The fourth-order valence-corrected chi connectivity index (χ4v) is 3.37. The summed E-state index contributed by atoms with van der Waals surface area (Å²) in [5, 5.41) is 2.81. The van der Waals surface area contributed by atoms with Gasteiger partial charge in [0.2, 0.25) is 5.78 Å². The molecule has 124 valence electrons. The van der Waals surface area contributed by atoms with Crippen molar-refractivity contribution in [3.05, 3.63) is 41.3 Å². The van der Waals surface area contributed by atoms with Crippen molar-refractivity contribution in [2.24, 2.45) is 5.92 Å². The molecular formula is C17H18F3NO2. The van der Waals surface area contributed by atoms with E-state index >= 15 is 0 Å². The molecule has 1 saturated carbocycles. The second kappa shape index (κ2) is 5.91. The lowest BCUT2D eigenvalue weighted by atomic mass is 9.92. The van der Waals surface area contributed by atoms with Crippen LogP contribution in [0.4, 0.5) is 13.2 Å². The quantitative estimate of drug-likeness (QED) is 0.920. The van der Waals surface area contributed by atoms with Gasteiger partial charge in [-0.2, -0.15) is 13.2 Å². The van der Waals surface area contributed by atoms with Crippen LogP contribution in [0.2, 0.25) is 0 Å². The van der Waals surface area contributed by atoms with Crippen molar-refractivity contribution in [3.63, 3.8) is 0 Å². The Balaban J connectivity index is 1.95. The molecule has 1 atom stereocenters. The smallest absolute Gasteiger partial charge is 0.416 e. The zero-order chi connectivity index (χ0) is 16.6. The van der Waals surface area contributed by atoms with E-state index in [2.05, 4.69) is 5.32 Å². The van der Waals surface area contributed by atoms with Crippen molar-refractivity contribution < 1.29 is 22.7 Å². The Morgan fingerprint density at radius 1 is 1.22 bits per heavy atom. The highest BCUT2D eigenvalue weighted by atomic mass is 19.4. The first-order chi connectivity index (χ1) is 10.9. The van der Waals surface area contributed by atoms with Gasteiger partial charge in [-0.1, -0.05) is 25.0 Å². The second-order valence-electron chi connectivity index (χ2n) is 5.98. The summed E-state index contributed by atoms with van der Waals surface area (Å²) < 4.78 is 44.5. The molecule has 0 amide bonds. The molecule has 0 radical (unpaired) electrons. The van der Waals surface area contributed by atoms with E-state index in [1.54, 1.807) is 7.05 Å². The molecule has 0 bridgehead atoms. The van der Waals surface area contributed by atoms with E-state index in [1.807, 2.05) is 0 Å². The minimum Gasteiger partial charge on any atom is -0.467 e. The minimum atomic E-state index is -4.44. The predicted molar refractivity (Wildman–Crippen MR) is 79.3 cm³/mol. The molecule has 1 unspecified atom stereocenters. The van der Waals surface area contributed by atoms with E-state index in [0.29, 0.717) is 0 Å². The number of nitrogens with one attached hydrogen (secondary N) is 1. The van der Waals surface area contributed by atoms with Gasteiger partial charge in [0.05, 0.1) is 11.1 Å². The Morgan fingerprint density at radius 2 is 1.91 bits per heavy atom. The van der Waals surface area contributed by atoms with Gasteiger partial charge in [0.25, 0.3) is 0 Å². The maximum atomic E-state index is 12.9. The summed E-state index contributed by atoms with van der Waals surface area (Å²) in [4.78, 5) is 12.7. The van der Waals surface area contributed by atoms with Gasteiger partial charge in [0.1, 0.15) is 0 Å². The van der Waals surface area contributed by atoms with Crippen molar-refractivity contribution in [1.29, 1.82) is 0 Å². The molecule has 0 spiro atoms. The first kappa shape index (κ1) is 15.9. The van der Waals surface area contributed by atoms with Gasteiger partial charge in [-0.15, -0.1) is 0 Å². The molecule has 1 heterocycles. The second-order valence-corrected chi connectivity index (χ2v) is 5.98. The lowest BCUT2D eigenvalue weighted by Gasteiger charge is -2.17. The lowest BCUT2D eigenvalue weighted by molar-refractivity contribution is -0.137. The number of alkyl halides is 3. The van der Waals surface area contributed by atoms with E-state index < -0.39 is 17.8 Å². The molecule has 1 aromatic carbocycles. The van der Waals surface area contributed by atoms with Gasteiger partial charge < -0.3 is 10.1 Å². The molecule has 1 aliphatic heterocycles. The Bertz CT molecular complexity index is 645. The van der Waals surface area contributed by atoms with Crippen LogP contribution in [0.3, 0.4) is 0 Å². The summed E-state index contributed by atoms with van der Waals surface area (Å²) in [6.45, 7) is 0. The summed E-state index contributed by atoms with van der Waals surface area (Å²) in [5.74, 6) is 0.195. The first-order valence-electron chi connectivity index (χ1n) is 7.72. The zero-order valence-electron chi connectivity index (χ0n) is 12.7. The molecule has 1 aromatic rings. The number of benzene rings is 1. The fraction of sp³-hybridized carbons (Fsp3) is 0.471. The summed E-state index contributed by atoms with van der Waals surface area (Å²) in [7, 11) is 1.60. The Hall–Kier alpha value is -1.98. The molecule has 3 nitrogen and oxygen atoms in total. The van der Waals surface area contributed by atoms with Crippen LogP contribution < -0.4 is 5.32 Å². The predicted octanol–water partition coefficient (Wildman–Crippen LogP) is 3.75. The normalized spacial score (nSPS) is 22.6. The molecule has 23 heavy (non-hydrogen) atoms. The van der Waals surface area contributed by atoms with Crippen molar-refractivity contribution in [2.45, 2.75) is 38.0 Å². The maximum absolute atomic E-state index is 12.9. The monoisotopic (exact) mass is 325 g/mol. The Kier molecular flexibility index (Phi) is 4.08. The van der Waals surface area contributed by atoms with Crippen LogP contribution in [0.1, 0.15) is 36.8 Å². The first-order valence-corrected chi connectivity index (χ1v) is 7.72. The van der Waals surface area contributed by atoms with Gasteiger partial charge in [-0.05, 0) is 30.5 Å². The zero-order valence-corrected chi connectivity index (χ0v) is 12.7. The van der Waals surface area contributed by atoms with Crippen LogP contribution in [-0.4, -0.2) is 18.9 Å². The van der Waals surface area contributed by atoms with Crippen LogP contribution in [0.5, 0.6) is 0 Å². The maximum Gasteiger partial charge on any atom is 0.416 e. The molecule has 2 aliphatic rings. The van der Waals surface area contributed by atoms with Crippen molar-refractivity contribution in [2.75, 3.05) is 7.05 Å². The summed E-state index contributed by atoms with van der Waals surface area (Å²) >= 11 is 0. The van der Waals surface area contributed by atoms with Gasteiger partial charge >= 0.3 is 6.18 Å². The summed E-state index contributed by atoms with van der Waals surface area (Å²) in [5.41, 5.74) is -0.305. The summed E-state index contributed by atoms with van der Waals surface area (Å²) in [6.07, 6.45) is -1.06. The number of carbonyl (C=O) groups excluding carboxylic acids is 1. The number of hydrogen-bond acceptors (Lipinski definition) is 3. The molecule has 0 aromatic heterocycles. The van der Waals surface area contributed by atoms with Crippen LogP contribution in [0.25, 0.3) is 5.57 Å². The van der Waals surface area contributed by atoms with Gasteiger partial charge in [0, 0.05) is 13.0 Å². The third-order valence-electron chi connectivity index (χ3n) is 4.51. The number of ketones is 1. The standard InChI is InChI=1S/C17H18F3NO2/c1-21-16-13(11-7-4-8-12(9-11)17(18,19)20)14(22)15(23-16)10-5-2-3-6-10/h4,7-10,15,21H,2-3,5-6H2,1H3. The van der Waals surface area contributed by atoms with Crippen LogP contribution in [0.15, 0.2) is 30.1 Å². The molecule has 6 heteroatoms. The third-order valence-corrected chi connectivity index (χ3v) is 4.51. The van der Waals surface area contributed by atoms with Crippen LogP contribution in [-0.2, 0) is 15.7 Å². The van der Waals surface area contributed by atoms with Crippen molar-refractivity contribution in [1.82, 2.24) is 5.32 Å². The topological polar surface area (TPSA) is 38.3 Å². The van der Waals surface area contributed by atoms with Crippen LogP contribution in [0, 0.1) is 5.92 Å². The van der Waals surface area contributed by atoms with Gasteiger partial charge in [-0.3, -0.25) is 4.79 Å². The van der Waals surface area contributed by atoms with Crippen molar-refractivity contribution in [3.8, 4) is 0 Å². The fourth-order valence-electron chi connectivity index (χ4n) is 3.37. The van der Waals surface area contributed by atoms with Gasteiger partial charge in [-0.25, -0.2) is 0 Å². The Labute approximate surface area is 132 Å². The highest BCUT2D eigenvalue weighted by Crippen LogP contribution is 2.39. The molecule has 3 rings (SSSR count). The van der Waals surface area contributed by atoms with Gasteiger partial charge in [0.15, 0.2) is 12.0 Å². The summed E-state index contributed by atoms with van der Waals surface area (Å²) in [6, 6.07) is 4.83. The van der Waals surface area contributed by atoms with E-state index in [9.17, 15) is 18.0 Å². The molecule has 1 fully saturated rings. The number of rotatable bonds is 3. The largest absolute Gasteiger partial charge is 0.467 e. The molecular weight excluding hydrogens is 307 g/mol. The number of ether oxygens (including phenoxy) is 1. The van der Waals surface area contributed by atoms with Crippen molar-refractivity contribution >= 4 is 11.4 Å². The lowest BCUT2D eigenvalue weighted by Crippen LogP contribution is -2.26. The highest BCUT2D eigenvalue weighted by Gasteiger charge is 2.42. The van der Waals surface area contributed by atoms with E-state index in [0.717, 1.165) is 37.8 Å². The SMILES string of the molecule is CNC1=C(c2cccc(C(F)(F)F)c2)C(=O)C(C2CCCC2)O1. The number of Topliss-reactive ketones (excluding diaryl/α,β-unsaturated/α-hetero) is 1. The molecule has 0 saturated heterocycles. The Morgan fingerprint density at radius 3 is 2.52 bits per heavy atom. The van der Waals surface area contributed by atoms with E-state index in [1.165, 1.54) is 12.1 Å². The van der Waals surface area contributed by atoms with Crippen LogP contribution >= 0.6 is 0 Å². The molecule has 1 aliphatic carbocycles. The third kappa shape index (κ3) is 2.94. The highest BCUT2D eigenvalue weighted by molar-refractivity contribution is 6.25. The minimum absolute atomic E-state index is 0.147. The number of carbonyl (C=O) groups is 1. The number of hydrogen-bond donors (Lipinski definition) is 1. The average Bonchev–Trinajstić information content (AvgIpc) is 3.13. The van der Waals surface area contributed by atoms with E-state index in [-0.39, 0.29) is 28.7 Å².